The van der Waals surface area contributed by atoms with Crippen LogP contribution in [0.25, 0.3) is 0 Å². The van der Waals surface area contributed by atoms with E-state index < -0.39 is 5.97 Å². The van der Waals surface area contributed by atoms with Crippen molar-refractivity contribution in [1.29, 1.82) is 0 Å². The van der Waals surface area contributed by atoms with Gasteiger partial charge in [0.25, 0.3) is 0 Å². The van der Waals surface area contributed by atoms with Gasteiger partial charge in [0.15, 0.2) is 0 Å². The fourth-order valence-corrected chi connectivity index (χ4v) is 4.29. The largest absolute Gasteiger partial charge is 0.465 e. The first-order chi connectivity index (χ1) is 13.5. The molecule has 3 rings (SSSR count). The van der Waals surface area contributed by atoms with Crippen molar-refractivity contribution in [1.82, 2.24) is 9.80 Å². The van der Waals surface area contributed by atoms with Crippen molar-refractivity contribution in [3.63, 3.8) is 0 Å². The van der Waals surface area contributed by atoms with E-state index in [2.05, 4.69) is 46.3 Å². The molecule has 28 heavy (non-hydrogen) atoms. The van der Waals surface area contributed by atoms with Gasteiger partial charge < -0.3 is 10.1 Å². The van der Waals surface area contributed by atoms with Gasteiger partial charge in [0.05, 0.1) is 19.2 Å². The average molecular weight is 402 g/mol. The Hall–Kier alpha value is -2.22. The lowest BCUT2D eigenvalue weighted by Gasteiger charge is -2.34. The predicted molar refractivity (Wildman–Crippen MR) is 112 cm³/mol. The zero-order valence-corrected chi connectivity index (χ0v) is 17.5. The second-order valence-corrected chi connectivity index (χ2v) is 8.37. The summed E-state index contributed by atoms with van der Waals surface area (Å²) < 4.78 is 4.79. The van der Waals surface area contributed by atoms with E-state index in [0.717, 1.165) is 37.6 Å². The van der Waals surface area contributed by atoms with Gasteiger partial charge in [-0.1, -0.05) is 24.3 Å². The summed E-state index contributed by atoms with van der Waals surface area (Å²) in [7, 11) is 1.34. The molecule has 1 saturated heterocycles. The number of amides is 1. The van der Waals surface area contributed by atoms with Crippen molar-refractivity contribution < 1.29 is 14.3 Å². The molecule has 0 unspecified atom stereocenters. The molecule has 1 aliphatic heterocycles. The lowest BCUT2D eigenvalue weighted by atomic mass is 10.1. The lowest BCUT2D eigenvalue weighted by Crippen LogP contribution is -2.48. The Bertz CT molecular complexity index is 841. The van der Waals surface area contributed by atoms with Crippen molar-refractivity contribution >= 4 is 28.2 Å². The Kier molecular flexibility index (Phi) is 6.83. The molecule has 1 aromatic carbocycles. The van der Waals surface area contributed by atoms with Gasteiger partial charge in [0.1, 0.15) is 5.00 Å². The van der Waals surface area contributed by atoms with Crippen LogP contribution in [0.3, 0.4) is 0 Å². The first-order valence-corrected chi connectivity index (χ1v) is 10.3. The van der Waals surface area contributed by atoms with E-state index in [1.165, 1.54) is 29.6 Å². The molecule has 2 heterocycles. The number of carbonyl (C=O) groups is 2. The third kappa shape index (κ3) is 5.19. The van der Waals surface area contributed by atoms with E-state index in [9.17, 15) is 9.59 Å². The molecule has 0 atom stereocenters. The van der Waals surface area contributed by atoms with Crippen molar-refractivity contribution in [2.45, 2.75) is 20.4 Å². The van der Waals surface area contributed by atoms with E-state index >= 15 is 0 Å². The standard InChI is InChI=1S/C21H27N3O3S/c1-15-6-4-5-7-17(15)13-23-8-10-24(11-9-23)14-19(25)22-20-18(21(26)27-3)12-16(2)28-20/h4-7,12H,8-11,13-14H2,1-3H3,(H,22,25). The van der Waals surface area contributed by atoms with Crippen LogP contribution in [-0.2, 0) is 16.1 Å². The van der Waals surface area contributed by atoms with Crippen molar-refractivity contribution in [2.24, 2.45) is 0 Å². The van der Waals surface area contributed by atoms with Crippen LogP contribution in [0.5, 0.6) is 0 Å². The van der Waals surface area contributed by atoms with Crippen molar-refractivity contribution in [3.05, 3.63) is 51.9 Å². The monoisotopic (exact) mass is 401 g/mol. The lowest BCUT2D eigenvalue weighted by molar-refractivity contribution is -0.117. The summed E-state index contributed by atoms with van der Waals surface area (Å²) in [5, 5.41) is 3.44. The maximum Gasteiger partial charge on any atom is 0.340 e. The third-order valence-electron chi connectivity index (χ3n) is 5.00. The molecule has 0 bridgehead atoms. The van der Waals surface area contributed by atoms with Crippen molar-refractivity contribution in [3.8, 4) is 0 Å². The van der Waals surface area contributed by atoms with Gasteiger partial charge in [-0.3, -0.25) is 14.6 Å². The van der Waals surface area contributed by atoms with Crippen molar-refractivity contribution in [2.75, 3.05) is 45.2 Å². The molecule has 150 valence electrons. The molecule has 7 heteroatoms. The topological polar surface area (TPSA) is 61.9 Å². The minimum atomic E-state index is -0.426. The Morgan fingerprint density at radius 1 is 1.11 bits per heavy atom. The zero-order chi connectivity index (χ0) is 20.1. The summed E-state index contributed by atoms with van der Waals surface area (Å²) in [6.45, 7) is 8.91. The van der Waals surface area contributed by atoms with E-state index in [1.54, 1.807) is 6.07 Å². The molecule has 1 amide bonds. The highest BCUT2D eigenvalue weighted by Gasteiger charge is 2.21. The molecule has 1 aliphatic rings. The number of benzene rings is 1. The second kappa shape index (κ2) is 9.32. The minimum Gasteiger partial charge on any atom is -0.465 e. The summed E-state index contributed by atoms with van der Waals surface area (Å²) in [5.74, 6) is -0.524. The number of esters is 1. The summed E-state index contributed by atoms with van der Waals surface area (Å²) in [6, 6.07) is 10.2. The number of hydrogen-bond donors (Lipinski definition) is 1. The normalized spacial score (nSPS) is 15.4. The predicted octanol–water partition coefficient (Wildman–Crippen LogP) is 2.91. The van der Waals surface area contributed by atoms with Crippen LogP contribution in [0.1, 0.15) is 26.4 Å². The number of nitrogens with one attached hydrogen (secondary N) is 1. The number of thiophene rings is 1. The second-order valence-electron chi connectivity index (χ2n) is 7.12. The van der Waals surface area contributed by atoms with E-state index in [0.29, 0.717) is 17.1 Å². The van der Waals surface area contributed by atoms with Gasteiger partial charge in [-0.2, -0.15) is 0 Å². The molecular formula is C21H27N3O3S. The molecule has 0 saturated carbocycles. The number of methoxy groups -OCH3 is 1. The number of piperazine rings is 1. The van der Waals surface area contributed by atoms with Crippen LogP contribution < -0.4 is 5.32 Å². The molecule has 0 aliphatic carbocycles. The van der Waals surface area contributed by atoms with Gasteiger partial charge in [-0.25, -0.2) is 4.79 Å². The van der Waals surface area contributed by atoms with E-state index in [1.807, 2.05) is 6.92 Å². The molecule has 6 nitrogen and oxygen atoms in total. The van der Waals surface area contributed by atoms with Gasteiger partial charge >= 0.3 is 5.97 Å². The molecular weight excluding hydrogens is 374 g/mol. The number of hydrogen-bond acceptors (Lipinski definition) is 6. The average Bonchev–Trinajstić information content (AvgIpc) is 3.04. The van der Waals surface area contributed by atoms with Gasteiger partial charge in [-0.15, -0.1) is 11.3 Å². The molecule has 1 fully saturated rings. The Morgan fingerprint density at radius 2 is 1.79 bits per heavy atom. The van der Waals surface area contributed by atoms with Gasteiger partial charge in [0, 0.05) is 37.6 Å². The molecule has 1 N–H and O–H groups in total. The van der Waals surface area contributed by atoms with Crippen LogP contribution in [0.15, 0.2) is 30.3 Å². The third-order valence-corrected chi connectivity index (χ3v) is 5.97. The summed E-state index contributed by atoms with van der Waals surface area (Å²) in [5.41, 5.74) is 3.09. The Morgan fingerprint density at radius 3 is 2.46 bits per heavy atom. The maximum atomic E-state index is 12.5. The van der Waals surface area contributed by atoms with Crippen LogP contribution >= 0.6 is 11.3 Å². The Labute approximate surface area is 170 Å². The minimum absolute atomic E-state index is 0.0978. The summed E-state index contributed by atoms with van der Waals surface area (Å²) in [4.78, 5) is 29.8. The highest BCUT2D eigenvalue weighted by atomic mass is 32.1. The fraction of sp³-hybridized carbons (Fsp3) is 0.429. The van der Waals surface area contributed by atoms with Gasteiger partial charge in [0.2, 0.25) is 5.91 Å². The van der Waals surface area contributed by atoms with Gasteiger partial charge in [-0.05, 0) is 31.0 Å². The molecule has 0 spiro atoms. The van der Waals surface area contributed by atoms with E-state index in [4.69, 9.17) is 4.74 Å². The van der Waals surface area contributed by atoms with Crippen LogP contribution in [0.4, 0.5) is 5.00 Å². The molecule has 2 aromatic rings. The smallest absolute Gasteiger partial charge is 0.340 e. The number of carbonyl (C=O) groups excluding carboxylic acids is 2. The Balaban J connectivity index is 1.49. The number of ether oxygens (including phenoxy) is 1. The highest BCUT2D eigenvalue weighted by molar-refractivity contribution is 7.16. The van der Waals surface area contributed by atoms with Crippen LogP contribution in [0, 0.1) is 13.8 Å². The highest BCUT2D eigenvalue weighted by Crippen LogP contribution is 2.28. The molecule has 0 radical (unpaired) electrons. The number of nitrogens with zero attached hydrogens (tertiary/aromatic N) is 2. The van der Waals surface area contributed by atoms with E-state index in [-0.39, 0.29) is 5.91 Å². The first kappa shape index (κ1) is 20.5. The maximum absolute atomic E-state index is 12.5. The number of rotatable bonds is 6. The number of aryl methyl sites for hydroxylation is 2. The SMILES string of the molecule is COC(=O)c1cc(C)sc1NC(=O)CN1CCN(Cc2ccccc2C)CC1. The molecule has 1 aromatic heterocycles. The fourth-order valence-electron chi connectivity index (χ4n) is 3.37. The van der Waals surface area contributed by atoms with Crippen LogP contribution in [-0.4, -0.2) is 61.5 Å². The number of anilines is 1. The summed E-state index contributed by atoms with van der Waals surface area (Å²) >= 11 is 1.39. The first-order valence-electron chi connectivity index (χ1n) is 9.44. The van der Waals surface area contributed by atoms with Crippen LogP contribution in [0.2, 0.25) is 0 Å². The quantitative estimate of drug-likeness (QED) is 0.754. The summed E-state index contributed by atoms with van der Waals surface area (Å²) in [6.07, 6.45) is 0. The zero-order valence-electron chi connectivity index (χ0n) is 16.7.